The summed E-state index contributed by atoms with van der Waals surface area (Å²) in [6.07, 6.45) is 4.82. The van der Waals surface area contributed by atoms with E-state index >= 15 is 0 Å². The van der Waals surface area contributed by atoms with Crippen LogP contribution in [0.5, 0.6) is 0 Å². The Bertz CT molecular complexity index is 348. The van der Waals surface area contributed by atoms with E-state index < -0.39 is 11.8 Å². The SMILES string of the molecule is CCOC(=O)C1C(C)C=CCC(C)C1C(=O)OCC. The molecule has 19 heavy (non-hydrogen) atoms. The molecule has 108 valence electrons. The molecule has 4 nitrogen and oxygen atoms in total. The van der Waals surface area contributed by atoms with Gasteiger partial charge in [0, 0.05) is 0 Å². The van der Waals surface area contributed by atoms with E-state index in [9.17, 15) is 9.59 Å². The average Bonchev–Trinajstić information content (AvgIpc) is 2.49. The third-order valence-electron chi connectivity index (χ3n) is 3.63. The number of ether oxygens (including phenoxy) is 2. The molecule has 0 N–H and O–H groups in total. The van der Waals surface area contributed by atoms with Crippen molar-refractivity contribution in [2.24, 2.45) is 23.7 Å². The summed E-state index contributed by atoms with van der Waals surface area (Å²) in [6, 6.07) is 0. The summed E-state index contributed by atoms with van der Waals surface area (Å²) in [5.41, 5.74) is 0. The van der Waals surface area contributed by atoms with Crippen LogP contribution in [0.25, 0.3) is 0 Å². The molecule has 0 amide bonds. The second-order valence-corrected chi connectivity index (χ2v) is 5.06. The summed E-state index contributed by atoms with van der Waals surface area (Å²) in [5.74, 6) is -1.40. The molecule has 4 heteroatoms. The molecule has 0 aromatic heterocycles. The quantitative estimate of drug-likeness (QED) is 0.581. The Balaban J connectivity index is 3.02. The Kier molecular flexibility index (Phi) is 6.06. The molecule has 0 aliphatic heterocycles. The van der Waals surface area contributed by atoms with Crippen molar-refractivity contribution in [1.29, 1.82) is 0 Å². The van der Waals surface area contributed by atoms with Gasteiger partial charge in [0.1, 0.15) is 0 Å². The van der Waals surface area contributed by atoms with Crippen LogP contribution in [0, 0.1) is 23.7 Å². The number of rotatable bonds is 4. The smallest absolute Gasteiger partial charge is 0.310 e. The molecule has 4 atom stereocenters. The van der Waals surface area contributed by atoms with Gasteiger partial charge in [-0.05, 0) is 32.1 Å². The number of carbonyl (C=O) groups excluding carboxylic acids is 2. The van der Waals surface area contributed by atoms with Crippen LogP contribution in [0.4, 0.5) is 0 Å². The first-order valence-corrected chi connectivity index (χ1v) is 7.02. The maximum absolute atomic E-state index is 12.2. The molecule has 0 bridgehead atoms. The van der Waals surface area contributed by atoms with Crippen LogP contribution in [0.3, 0.4) is 0 Å². The molecule has 0 saturated heterocycles. The minimum atomic E-state index is -0.451. The highest BCUT2D eigenvalue weighted by atomic mass is 16.5. The summed E-state index contributed by atoms with van der Waals surface area (Å²) in [7, 11) is 0. The Labute approximate surface area is 115 Å². The summed E-state index contributed by atoms with van der Waals surface area (Å²) < 4.78 is 10.3. The van der Waals surface area contributed by atoms with Crippen LogP contribution in [0.2, 0.25) is 0 Å². The lowest BCUT2D eigenvalue weighted by atomic mass is 9.77. The second-order valence-electron chi connectivity index (χ2n) is 5.06. The molecular formula is C15H24O4. The van der Waals surface area contributed by atoms with Crippen LogP contribution < -0.4 is 0 Å². The van der Waals surface area contributed by atoms with Gasteiger partial charge in [0.15, 0.2) is 0 Å². The molecule has 0 aromatic rings. The first kappa shape index (κ1) is 15.7. The largest absolute Gasteiger partial charge is 0.466 e. The minimum absolute atomic E-state index is 0.0154. The monoisotopic (exact) mass is 268 g/mol. The molecule has 1 rings (SSSR count). The van der Waals surface area contributed by atoms with Crippen molar-refractivity contribution in [3.8, 4) is 0 Å². The van der Waals surface area contributed by atoms with Crippen LogP contribution in [-0.4, -0.2) is 25.2 Å². The Morgan fingerprint density at radius 2 is 1.58 bits per heavy atom. The van der Waals surface area contributed by atoms with Crippen molar-refractivity contribution < 1.29 is 19.1 Å². The first-order chi connectivity index (χ1) is 9.02. The highest BCUT2D eigenvalue weighted by molar-refractivity contribution is 5.83. The standard InChI is InChI=1S/C15H24O4/c1-5-18-14(16)12-10(3)8-7-9-11(4)13(12)15(17)19-6-2/h7-8,10-13H,5-6,9H2,1-4H3. The predicted octanol–water partition coefficient (Wildman–Crippen LogP) is 2.58. The summed E-state index contributed by atoms with van der Waals surface area (Å²) in [4.78, 5) is 24.3. The van der Waals surface area contributed by atoms with Gasteiger partial charge in [-0.2, -0.15) is 0 Å². The third kappa shape index (κ3) is 3.82. The summed E-state index contributed by atoms with van der Waals surface area (Å²) in [6.45, 7) is 8.14. The highest BCUT2D eigenvalue weighted by Gasteiger charge is 2.42. The number of hydrogen-bond donors (Lipinski definition) is 0. The molecule has 1 aliphatic rings. The fraction of sp³-hybridized carbons (Fsp3) is 0.733. The third-order valence-corrected chi connectivity index (χ3v) is 3.63. The van der Waals surface area contributed by atoms with Gasteiger partial charge in [-0.15, -0.1) is 0 Å². The molecule has 0 spiro atoms. The average molecular weight is 268 g/mol. The maximum atomic E-state index is 12.2. The van der Waals surface area contributed by atoms with Gasteiger partial charge in [-0.1, -0.05) is 26.0 Å². The topological polar surface area (TPSA) is 52.6 Å². The van der Waals surface area contributed by atoms with Gasteiger partial charge in [0.05, 0.1) is 25.0 Å². The van der Waals surface area contributed by atoms with E-state index in [1.54, 1.807) is 13.8 Å². The normalized spacial score (nSPS) is 30.5. The van der Waals surface area contributed by atoms with E-state index in [4.69, 9.17) is 9.47 Å². The summed E-state index contributed by atoms with van der Waals surface area (Å²) >= 11 is 0. The highest BCUT2D eigenvalue weighted by Crippen LogP contribution is 2.35. The minimum Gasteiger partial charge on any atom is -0.466 e. The van der Waals surface area contributed by atoms with Crippen molar-refractivity contribution in [2.45, 2.75) is 34.1 Å². The molecule has 0 saturated carbocycles. The van der Waals surface area contributed by atoms with Gasteiger partial charge >= 0.3 is 11.9 Å². The van der Waals surface area contributed by atoms with Crippen LogP contribution in [-0.2, 0) is 19.1 Å². The van der Waals surface area contributed by atoms with E-state index in [0.717, 1.165) is 6.42 Å². The van der Waals surface area contributed by atoms with Crippen LogP contribution >= 0.6 is 0 Å². The molecule has 0 fully saturated rings. The van der Waals surface area contributed by atoms with Crippen molar-refractivity contribution in [2.75, 3.05) is 13.2 Å². The molecule has 0 radical (unpaired) electrons. The first-order valence-electron chi connectivity index (χ1n) is 7.02. The van der Waals surface area contributed by atoms with Crippen LogP contribution in [0.15, 0.2) is 12.2 Å². The number of esters is 2. The predicted molar refractivity (Wildman–Crippen MR) is 72.3 cm³/mol. The van der Waals surface area contributed by atoms with E-state index in [1.807, 2.05) is 26.0 Å². The molecule has 4 unspecified atom stereocenters. The molecule has 0 heterocycles. The van der Waals surface area contributed by atoms with E-state index in [0.29, 0.717) is 13.2 Å². The zero-order chi connectivity index (χ0) is 14.4. The van der Waals surface area contributed by atoms with Crippen molar-refractivity contribution >= 4 is 11.9 Å². The van der Waals surface area contributed by atoms with Gasteiger partial charge in [0.25, 0.3) is 0 Å². The van der Waals surface area contributed by atoms with E-state index in [-0.39, 0.29) is 23.8 Å². The number of carbonyl (C=O) groups is 2. The Morgan fingerprint density at radius 1 is 1.05 bits per heavy atom. The van der Waals surface area contributed by atoms with Gasteiger partial charge in [-0.3, -0.25) is 9.59 Å². The Hall–Kier alpha value is -1.32. The van der Waals surface area contributed by atoms with Gasteiger partial charge in [-0.25, -0.2) is 0 Å². The van der Waals surface area contributed by atoms with E-state index in [1.165, 1.54) is 0 Å². The van der Waals surface area contributed by atoms with Crippen LogP contribution in [0.1, 0.15) is 34.1 Å². The van der Waals surface area contributed by atoms with Crippen molar-refractivity contribution in [3.05, 3.63) is 12.2 Å². The van der Waals surface area contributed by atoms with Gasteiger partial charge in [0.2, 0.25) is 0 Å². The molecule has 1 aliphatic carbocycles. The Morgan fingerprint density at radius 3 is 2.11 bits per heavy atom. The maximum Gasteiger partial charge on any atom is 0.310 e. The van der Waals surface area contributed by atoms with E-state index in [2.05, 4.69) is 0 Å². The second kappa shape index (κ2) is 7.31. The lowest BCUT2D eigenvalue weighted by molar-refractivity contribution is -0.164. The van der Waals surface area contributed by atoms with Gasteiger partial charge < -0.3 is 9.47 Å². The number of allylic oxidation sites excluding steroid dienone is 2. The zero-order valence-corrected chi connectivity index (χ0v) is 12.2. The fourth-order valence-corrected chi connectivity index (χ4v) is 2.67. The zero-order valence-electron chi connectivity index (χ0n) is 12.2. The lowest BCUT2D eigenvalue weighted by Gasteiger charge is -2.29. The fourth-order valence-electron chi connectivity index (χ4n) is 2.67. The van der Waals surface area contributed by atoms with Crippen molar-refractivity contribution in [1.82, 2.24) is 0 Å². The molecular weight excluding hydrogens is 244 g/mol. The summed E-state index contributed by atoms with van der Waals surface area (Å²) in [5, 5.41) is 0. The lowest BCUT2D eigenvalue weighted by Crippen LogP contribution is -2.39. The van der Waals surface area contributed by atoms with Crippen molar-refractivity contribution in [3.63, 3.8) is 0 Å². The molecule has 0 aromatic carbocycles. The number of hydrogen-bond acceptors (Lipinski definition) is 4.